The van der Waals surface area contributed by atoms with Crippen LogP contribution >= 0.6 is 0 Å². The van der Waals surface area contributed by atoms with Gasteiger partial charge in [0, 0.05) is 18.1 Å². The summed E-state index contributed by atoms with van der Waals surface area (Å²) >= 11 is 0. The number of H-pyrrole nitrogens is 1. The summed E-state index contributed by atoms with van der Waals surface area (Å²) in [5.74, 6) is -0.0213. The van der Waals surface area contributed by atoms with Crippen molar-refractivity contribution in [3.8, 4) is 0 Å². The van der Waals surface area contributed by atoms with Crippen molar-refractivity contribution in [2.24, 2.45) is 0 Å². The SMILES string of the molecule is O=C(Nc1cc(=O)[nH]c2nc(Cc3ccccc3)nn12)c1ccc(F)cc1. The van der Waals surface area contributed by atoms with Crippen LogP contribution in [0.25, 0.3) is 5.78 Å². The van der Waals surface area contributed by atoms with Crippen molar-refractivity contribution in [2.75, 3.05) is 5.32 Å². The number of anilines is 1. The van der Waals surface area contributed by atoms with Gasteiger partial charge in [-0.25, -0.2) is 4.39 Å². The molecule has 2 aromatic carbocycles. The van der Waals surface area contributed by atoms with E-state index in [-0.39, 0.29) is 17.2 Å². The molecule has 0 spiro atoms. The van der Waals surface area contributed by atoms with E-state index in [1.807, 2.05) is 30.3 Å². The topological polar surface area (TPSA) is 92.1 Å². The van der Waals surface area contributed by atoms with E-state index < -0.39 is 17.3 Å². The number of halogens is 1. The fraction of sp³-hybridized carbons (Fsp3) is 0.0526. The first kappa shape index (κ1) is 16.6. The molecule has 2 aromatic heterocycles. The molecule has 0 atom stereocenters. The van der Waals surface area contributed by atoms with E-state index >= 15 is 0 Å². The zero-order valence-corrected chi connectivity index (χ0v) is 14.0. The van der Waals surface area contributed by atoms with Gasteiger partial charge < -0.3 is 5.32 Å². The minimum Gasteiger partial charge on any atom is -0.306 e. The Kier molecular flexibility index (Phi) is 4.21. The summed E-state index contributed by atoms with van der Waals surface area (Å²) in [6, 6.07) is 16.0. The largest absolute Gasteiger partial charge is 0.306 e. The Morgan fingerprint density at radius 2 is 1.85 bits per heavy atom. The maximum Gasteiger partial charge on any atom is 0.256 e. The summed E-state index contributed by atoms with van der Waals surface area (Å²) in [5, 5.41) is 6.99. The van der Waals surface area contributed by atoms with Crippen LogP contribution < -0.4 is 10.9 Å². The van der Waals surface area contributed by atoms with E-state index in [0.717, 1.165) is 5.56 Å². The number of nitrogens with one attached hydrogen (secondary N) is 2. The molecule has 0 unspecified atom stereocenters. The minimum absolute atomic E-state index is 0.176. The van der Waals surface area contributed by atoms with Crippen molar-refractivity contribution in [3.63, 3.8) is 0 Å². The first-order valence-corrected chi connectivity index (χ1v) is 8.18. The maximum absolute atomic E-state index is 13.0. The number of aromatic amines is 1. The van der Waals surface area contributed by atoms with Gasteiger partial charge in [0.15, 0.2) is 5.82 Å². The van der Waals surface area contributed by atoms with Gasteiger partial charge >= 0.3 is 0 Å². The Hall–Kier alpha value is -3.81. The van der Waals surface area contributed by atoms with E-state index in [9.17, 15) is 14.0 Å². The molecule has 0 saturated heterocycles. The lowest BCUT2D eigenvalue weighted by molar-refractivity contribution is 0.102. The third-order valence-corrected chi connectivity index (χ3v) is 3.94. The monoisotopic (exact) mass is 363 g/mol. The van der Waals surface area contributed by atoms with E-state index in [0.29, 0.717) is 12.2 Å². The lowest BCUT2D eigenvalue weighted by Crippen LogP contribution is -2.18. The standard InChI is InChI=1S/C19H14FN5O2/c20-14-8-6-13(7-9-14)18(27)22-16-11-17(26)23-19-21-15(24-25(16)19)10-12-4-2-1-3-5-12/h1-9,11H,10H2,(H,22,27)(H,21,23,24,26). The third-order valence-electron chi connectivity index (χ3n) is 3.94. The highest BCUT2D eigenvalue weighted by Crippen LogP contribution is 2.12. The Morgan fingerprint density at radius 3 is 2.59 bits per heavy atom. The molecule has 0 saturated carbocycles. The molecule has 0 aliphatic carbocycles. The van der Waals surface area contributed by atoms with Crippen LogP contribution in [-0.4, -0.2) is 25.5 Å². The molecule has 0 aliphatic rings. The molecule has 4 rings (SSSR count). The molecule has 8 heteroatoms. The van der Waals surface area contributed by atoms with Crippen molar-refractivity contribution in [1.29, 1.82) is 0 Å². The molecule has 7 nitrogen and oxygen atoms in total. The predicted octanol–water partition coefficient (Wildman–Crippen LogP) is 2.40. The average Bonchev–Trinajstić information content (AvgIpc) is 3.05. The second-order valence-corrected chi connectivity index (χ2v) is 5.91. The number of hydrogen-bond acceptors (Lipinski definition) is 4. The number of carbonyl (C=O) groups is 1. The highest BCUT2D eigenvalue weighted by atomic mass is 19.1. The smallest absolute Gasteiger partial charge is 0.256 e. The van der Waals surface area contributed by atoms with Crippen LogP contribution in [0, 0.1) is 5.82 Å². The van der Waals surface area contributed by atoms with Gasteiger partial charge in [0.2, 0.25) is 5.78 Å². The van der Waals surface area contributed by atoms with E-state index in [2.05, 4.69) is 20.4 Å². The molecule has 2 N–H and O–H groups in total. The quantitative estimate of drug-likeness (QED) is 0.582. The molecular formula is C19H14FN5O2. The van der Waals surface area contributed by atoms with Gasteiger partial charge in [-0.05, 0) is 29.8 Å². The molecule has 2 heterocycles. The molecule has 0 aliphatic heterocycles. The first-order valence-electron chi connectivity index (χ1n) is 8.18. The average molecular weight is 363 g/mol. The summed E-state index contributed by atoms with van der Waals surface area (Å²) in [6.07, 6.45) is 0.482. The van der Waals surface area contributed by atoms with Crippen molar-refractivity contribution in [3.05, 3.63) is 93.8 Å². The summed E-state index contributed by atoms with van der Waals surface area (Å²) in [5.41, 5.74) is 0.859. The Morgan fingerprint density at radius 1 is 1.11 bits per heavy atom. The maximum atomic E-state index is 13.0. The van der Waals surface area contributed by atoms with Crippen LogP contribution in [0.4, 0.5) is 10.2 Å². The van der Waals surface area contributed by atoms with Crippen LogP contribution in [0.3, 0.4) is 0 Å². The number of hydrogen-bond donors (Lipinski definition) is 2. The highest BCUT2D eigenvalue weighted by Gasteiger charge is 2.13. The lowest BCUT2D eigenvalue weighted by Gasteiger charge is -2.06. The van der Waals surface area contributed by atoms with Crippen molar-refractivity contribution < 1.29 is 9.18 Å². The van der Waals surface area contributed by atoms with Gasteiger partial charge in [-0.15, -0.1) is 5.10 Å². The fourth-order valence-electron chi connectivity index (χ4n) is 2.67. The highest BCUT2D eigenvalue weighted by molar-refractivity contribution is 6.03. The third kappa shape index (κ3) is 3.59. The summed E-state index contributed by atoms with van der Waals surface area (Å²) in [7, 11) is 0. The van der Waals surface area contributed by atoms with E-state index in [1.54, 1.807) is 0 Å². The first-order chi connectivity index (χ1) is 13.1. The van der Waals surface area contributed by atoms with Gasteiger partial charge in [0.05, 0.1) is 0 Å². The van der Waals surface area contributed by atoms with Gasteiger partial charge in [-0.3, -0.25) is 14.6 Å². The lowest BCUT2D eigenvalue weighted by atomic mass is 10.1. The van der Waals surface area contributed by atoms with Gasteiger partial charge in [-0.1, -0.05) is 30.3 Å². The normalized spacial score (nSPS) is 10.9. The molecule has 0 bridgehead atoms. The second-order valence-electron chi connectivity index (χ2n) is 5.91. The molecule has 0 radical (unpaired) electrons. The van der Waals surface area contributed by atoms with Crippen LogP contribution in [0.2, 0.25) is 0 Å². The van der Waals surface area contributed by atoms with Crippen molar-refractivity contribution in [1.82, 2.24) is 19.6 Å². The van der Waals surface area contributed by atoms with Crippen molar-refractivity contribution >= 4 is 17.5 Å². The van der Waals surface area contributed by atoms with Gasteiger partial charge in [0.1, 0.15) is 11.6 Å². The fourth-order valence-corrected chi connectivity index (χ4v) is 2.67. The number of amides is 1. The molecule has 134 valence electrons. The number of benzene rings is 2. The number of rotatable bonds is 4. The molecular weight excluding hydrogens is 349 g/mol. The minimum atomic E-state index is -0.484. The van der Waals surface area contributed by atoms with Crippen LogP contribution in [-0.2, 0) is 6.42 Å². The van der Waals surface area contributed by atoms with Crippen LogP contribution in [0.1, 0.15) is 21.7 Å². The zero-order chi connectivity index (χ0) is 18.8. The molecule has 0 fully saturated rings. The number of aromatic nitrogens is 4. The Labute approximate surface area is 152 Å². The second kappa shape index (κ2) is 6.83. The van der Waals surface area contributed by atoms with E-state index in [4.69, 9.17) is 0 Å². The zero-order valence-electron chi connectivity index (χ0n) is 14.0. The number of fused-ring (bicyclic) bond motifs is 1. The van der Waals surface area contributed by atoms with Crippen LogP contribution in [0.15, 0.2) is 65.5 Å². The molecule has 1 amide bonds. The van der Waals surface area contributed by atoms with Crippen molar-refractivity contribution in [2.45, 2.75) is 6.42 Å². The van der Waals surface area contributed by atoms with Crippen LogP contribution in [0.5, 0.6) is 0 Å². The molecule has 27 heavy (non-hydrogen) atoms. The van der Waals surface area contributed by atoms with Gasteiger partial charge in [-0.2, -0.15) is 9.50 Å². The Bertz CT molecular complexity index is 1170. The summed E-state index contributed by atoms with van der Waals surface area (Å²) in [4.78, 5) is 31.2. The number of nitrogens with zero attached hydrogens (tertiary/aromatic N) is 3. The summed E-state index contributed by atoms with van der Waals surface area (Å²) < 4.78 is 14.4. The predicted molar refractivity (Wildman–Crippen MR) is 97.2 cm³/mol. The summed E-state index contributed by atoms with van der Waals surface area (Å²) in [6.45, 7) is 0. The Balaban J connectivity index is 1.66. The number of carbonyl (C=O) groups excluding carboxylic acids is 1. The molecule has 4 aromatic rings. The van der Waals surface area contributed by atoms with E-state index in [1.165, 1.54) is 34.8 Å². The van der Waals surface area contributed by atoms with Gasteiger partial charge in [0.25, 0.3) is 11.5 Å².